The van der Waals surface area contributed by atoms with Gasteiger partial charge in [-0.2, -0.15) is 0 Å². The summed E-state index contributed by atoms with van der Waals surface area (Å²) in [6, 6.07) is 5.71. The molecule has 0 spiro atoms. The molecule has 1 unspecified atom stereocenters. The summed E-state index contributed by atoms with van der Waals surface area (Å²) in [4.78, 5) is 0. The fraction of sp³-hybridized carbons (Fsp3) is 0.571. The molecule has 94 valence electrons. The third-order valence-corrected chi connectivity index (χ3v) is 3.59. The zero-order valence-electron chi connectivity index (χ0n) is 10.5. The first-order valence-electron chi connectivity index (χ1n) is 6.23. The average Bonchev–Trinajstić information content (AvgIpc) is 2.36. The number of hydrogen-bond acceptors (Lipinski definition) is 2. The molecule has 2 rings (SSSR count). The van der Waals surface area contributed by atoms with E-state index in [0.29, 0.717) is 12.0 Å². The molecular formula is C14H20FNO. The van der Waals surface area contributed by atoms with Gasteiger partial charge in [0.05, 0.1) is 0 Å². The Hall–Kier alpha value is -0.930. The van der Waals surface area contributed by atoms with Crippen molar-refractivity contribution >= 4 is 0 Å². The van der Waals surface area contributed by atoms with Crippen LogP contribution in [0.25, 0.3) is 0 Å². The fourth-order valence-corrected chi connectivity index (χ4v) is 2.59. The molecular weight excluding hydrogens is 217 g/mol. The van der Waals surface area contributed by atoms with Crippen molar-refractivity contribution in [2.45, 2.75) is 25.8 Å². The Bertz CT molecular complexity index is 374. The summed E-state index contributed by atoms with van der Waals surface area (Å²) in [5.74, 6) is 0.453. The smallest absolute Gasteiger partial charge is 0.126 e. The highest BCUT2D eigenvalue weighted by Crippen LogP contribution is 2.30. The van der Waals surface area contributed by atoms with Gasteiger partial charge >= 0.3 is 0 Å². The van der Waals surface area contributed by atoms with Crippen LogP contribution >= 0.6 is 0 Å². The zero-order chi connectivity index (χ0) is 12.3. The molecule has 1 aromatic carbocycles. The molecule has 0 amide bonds. The van der Waals surface area contributed by atoms with E-state index in [9.17, 15) is 4.39 Å². The first kappa shape index (κ1) is 12.5. The SMILES string of the molecule is CNC(c1ccc(F)c(C)c1)C1CCOCC1. The van der Waals surface area contributed by atoms with Gasteiger partial charge in [-0.3, -0.25) is 0 Å². The minimum absolute atomic E-state index is 0.129. The average molecular weight is 237 g/mol. The molecule has 17 heavy (non-hydrogen) atoms. The van der Waals surface area contributed by atoms with Crippen molar-refractivity contribution in [3.8, 4) is 0 Å². The lowest BCUT2D eigenvalue weighted by atomic mass is 9.86. The van der Waals surface area contributed by atoms with Gasteiger partial charge in [-0.05, 0) is 49.9 Å². The van der Waals surface area contributed by atoms with Crippen molar-refractivity contribution in [3.63, 3.8) is 0 Å². The van der Waals surface area contributed by atoms with Crippen LogP contribution in [0.3, 0.4) is 0 Å². The van der Waals surface area contributed by atoms with Crippen LogP contribution in [0.2, 0.25) is 0 Å². The number of halogens is 1. The molecule has 0 bridgehead atoms. The maximum atomic E-state index is 13.3. The molecule has 1 atom stereocenters. The predicted molar refractivity (Wildman–Crippen MR) is 66.5 cm³/mol. The topological polar surface area (TPSA) is 21.3 Å². The Morgan fingerprint density at radius 2 is 2.06 bits per heavy atom. The third-order valence-electron chi connectivity index (χ3n) is 3.59. The van der Waals surface area contributed by atoms with Gasteiger partial charge in [0.15, 0.2) is 0 Å². The summed E-state index contributed by atoms with van der Waals surface area (Å²) < 4.78 is 18.7. The minimum Gasteiger partial charge on any atom is -0.381 e. The van der Waals surface area contributed by atoms with E-state index >= 15 is 0 Å². The van der Waals surface area contributed by atoms with Crippen LogP contribution in [0.15, 0.2) is 18.2 Å². The van der Waals surface area contributed by atoms with Crippen LogP contribution in [0.1, 0.15) is 30.0 Å². The van der Waals surface area contributed by atoms with Crippen LogP contribution < -0.4 is 5.32 Å². The van der Waals surface area contributed by atoms with E-state index in [0.717, 1.165) is 31.6 Å². The third kappa shape index (κ3) is 2.85. The summed E-state index contributed by atoms with van der Waals surface area (Å²) in [5, 5.41) is 3.36. The molecule has 1 aliphatic heterocycles. The molecule has 1 heterocycles. The van der Waals surface area contributed by atoms with Gasteiger partial charge in [0.1, 0.15) is 5.82 Å². The van der Waals surface area contributed by atoms with Gasteiger partial charge in [0, 0.05) is 19.3 Å². The molecule has 3 heteroatoms. The monoisotopic (exact) mass is 237 g/mol. The zero-order valence-corrected chi connectivity index (χ0v) is 10.5. The number of benzene rings is 1. The van der Waals surface area contributed by atoms with Gasteiger partial charge in [0.25, 0.3) is 0 Å². The first-order valence-corrected chi connectivity index (χ1v) is 6.23. The predicted octanol–water partition coefficient (Wildman–Crippen LogP) is 2.82. The summed E-state index contributed by atoms with van der Waals surface area (Å²) in [6.07, 6.45) is 2.14. The van der Waals surface area contributed by atoms with Gasteiger partial charge in [-0.15, -0.1) is 0 Å². The largest absolute Gasteiger partial charge is 0.381 e. The van der Waals surface area contributed by atoms with Crippen molar-refractivity contribution in [3.05, 3.63) is 35.1 Å². The standard InChI is InChI=1S/C14H20FNO/c1-10-9-12(3-4-13(10)15)14(16-2)11-5-7-17-8-6-11/h3-4,9,11,14,16H,5-8H2,1-2H3. The Labute approximate surface area is 102 Å². The van der Waals surface area contributed by atoms with E-state index < -0.39 is 0 Å². The van der Waals surface area contributed by atoms with Crippen molar-refractivity contribution in [2.75, 3.05) is 20.3 Å². The van der Waals surface area contributed by atoms with Crippen LogP contribution in [-0.2, 0) is 4.74 Å². The lowest BCUT2D eigenvalue weighted by Crippen LogP contribution is -2.30. The highest BCUT2D eigenvalue weighted by atomic mass is 19.1. The maximum absolute atomic E-state index is 13.3. The molecule has 0 radical (unpaired) electrons. The second-order valence-electron chi connectivity index (χ2n) is 4.72. The normalized spacial score (nSPS) is 19.2. The molecule has 0 saturated carbocycles. The Balaban J connectivity index is 2.18. The van der Waals surface area contributed by atoms with Gasteiger partial charge in [-0.1, -0.05) is 12.1 Å². The maximum Gasteiger partial charge on any atom is 0.126 e. The summed E-state index contributed by atoms with van der Waals surface area (Å²) in [6.45, 7) is 3.49. The molecule has 1 saturated heterocycles. The summed E-state index contributed by atoms with van der Waals surface area (Å²) in [7, 11) is 1.97. The van der Waals surface area contributed by atoms with E-state index in [4.69, 9.17) is 4.74 Å². The van der Waals surface area contributed by atoms with Gasteiger partial charge in [0.2, 0.25) is 0 Å². The van der Waals surface area contributed by atoms with E-state index in [2.05, 4.69) is 5.32 Å². The van der Waals surface area contributed by atoms with Crippen molar-refractivity contribution in [2.24, 2.45) is 5.92 Å². The van der Waals surface area contributed by atoms with Crippen LogP contribution in [-0.4, -0.2) is 20.3 Å². The second-order valence-corrected chi connectivity index (χ2v) is 4.72. The highest BCUT2D eigenvalue weighted by Gasteiger charge is 2.24. The molecule has 1 fully saturated rings. The molecule has 1 aliphatic rings. The lowest BCUT2D eigenvalue weighted by molar-refractivity contribution is 0.0546. The molecule has 0 aromatic heterocycles. The van der Waals surface area contributed by atoms with Crippen molar-refractivity contribution in [1.29, 1.82) is 0 Å². The number of aryl methyl sites for hydroxylation is 1. The lowest BCUT2D eigenvalue weighted by Gasteiger charge is -2.30. The van der Waals surface area contributed by atoms with Crippen molar-refractivity contribution in [1.82, 2.24) is 5.32 Å². The fourth-order valence-electron chi connectivity index (χ4n) is 2.59. The first-order chi connectivity index (χ1) is 8.22. The van der Waals surface area contributed by atoms with E-state index in [1.54, 1.807) is 6.07 Å². The summed E-state index contributed by atoms with van der Waals surface area (Å²) >= 11 is 0. The van der Waals surface area contributed by atoms with E-state index in [1.165, 1.54) is 5.56 Å². The molecule has 1 N–H and O–H groups in total. The van der Waals surface area contributed by atoms with Gasteiger partial charge in [-0.25, -0.2) is 4.39 Å². The van der Waals surface area contributed by atoms with E-state index in [1.807, 2.05) is 26.1 Å². The van der Waals surface area contributed by atoms with Crippen LogP contribution in [0.4, 0.5) is 4.39 Å². The van der Waals surface area contributed by atoms with Crippen molar-refractivity contribution < 1.29 is 9.13 Å². The van der Waals surface area contributed by atoms with Gasteiger partial charge < -0.3 is 10.1 Å². The molecule has 2 nitrogen and oxygen atoms in total. The number of rotatable bonds is 3. The van der Waals surface area contributed by atoms with E-state index in [-0.39, 0.29) is 5.82 Å². The quantitative estimate of drug-likeness (QED) is 0.872. The molecule has 0 aliphatic carbocycles. The number of nitrogens with one attached hydrogen (secondary N) is 1. The number of hydrogen-bond donors (Lipinski definition) is 1. The highest BCUT2D eigenvalue weighted by molar-refractivity contribution is 5.27. The Morgan fingerprint density at radius 3 is 2.65 bits per heavy atom. The summed E-state index contributed by atoms with van der Waals surface area (Å²) in [5.41, 5.74) is 1.90. The Kier molecular flexibility index (Phi) is 4.13. The minimum atomic E-state index is -0.129. The number of ether oxygens (including phenoxy) is 1. The second kappa shape index (κ2) is 5.61. The Morgan fingerprint density at radius 1 is 1.35 bits per heavy atom. The van der Waals surface area contributed by atoms with Crippen LogP contribution in [0, 0.1) is 18.7 Å². The molecule has 1 aromatic rings. The van der Waals surface area contributed by atoms with Crippen LogP contribution in [0.5, 0.6) is 0 Å².